The lowest BCUT2D eigenvalue weighted by Crippen LogP contribution is -2.02. The molecule has 0 saturated heterocycles. The third-order valence-electron chi connectivity index (χ3n) is 2.55. The molecule has 0 aliphatic rings. The maximum atomic E-state index is 12.1. The van der Waals surface area contributed by atoms with E-state index >= 15 is 0 Å². The van der Waals surface area contributed by atoms with Crippen LogP contribution in [0.25, 0.3) is 0 Å². The monoisotopic (exact) mass is 310 g/mol. The molecule has 2 aromatic rings. The summed E-state index contributed by atoms with van der Waals surface area (Å²) in [5.74, 6) is 0.477. The van der Waals surface area contributed by atoms with Crippen molar-refractivity contribution in [3.63, 3.8) is 0 Å². The summed E-state index contributed by atoms with van der Waals surface area (Å²) in [6.07, 6.45) is 0. The van der Waals surface area contributed by atoms with Crippen molar-refractivity contribution in [2.45, 2.75) is 11.8 Å². The van der Waals surface area contributed by atoms with E-state index in [1.807, 2.05) is 43.3 Å². The van der Waals surface area contributed by atoms with Crippen LogP contribution in [0.5, 0.6) is 0 Å². The van der Waals surface area contributed by atoms with E-state index in [-0.39, 0.29) is 5.78 Å². The molecule has 0 radical (unpaired) electrons. The van der Waals surface area contributed by atoms with E-state index in [0.717, 1.165) is 16.0 Å². The molecule has 0 fully saturated rings. The average Bonchev–Trinajstić information content (AvgIpc) is 2.35. The molecule has 0 amide bonds. The molecule has 0 bridgehead atoms. The fourth-order valence-corrected chi connectivity index (χ4v) is 3.20. The third kappa shape index (κ3) is 4.27. The first-order valence-corrected chi connectivity index (χ1v) is 7.47. The minimum atomic E-state index is 0.102. The zero-order valence-corrected chi connectivity index (χ0v) is 12.6. The number of carbonyl (C=O) groups is 1. The minimum absolute atomic E-state index is 0.102. The summed E-state index contributed by atoms with van der Waals surface area (Å²) in [5, 5.41) is 1.16. The van der Waals surface area contributed by atoms with Crippen LogP contribution in [-0.2, 0) is 0 Å². The van der Waals surface area contributed by atoms with E-state index in [0.29, 0.717) is 15.8 Å². The lowest BCUT2D eigenvalue weighted by atomic mass is 10.1. The van der Waals surface area contributed by atoms with Crippen molar-refractivity contribution in [2.24, 2.45) is 0 Å². The highest BCUT2D eigenvalue weighted by Gasteiger charge is 2.07. The van der Waals surface area contributed by atoms with Gasteiger partial charge in [0.1, 0.15) is 0 Å². The van der Waals surface area contributed by atoms with E-state index in [9.17, 15) is 4.79 Å². The molecular weight excluding hydrogens is 299 g/mol. The smallest absolute Gasteiger partial charge is 0.173 e. The molecule has 0 heterocycles. The van der Waals surface area contributed by atoms with Gasteiger partial charge in [0.05, 0.1) is 5.75 Å². The molecule has 19 heavy (non-hydrogen) atoms. The number of halogens is 2. The van der Waals surface area contributed by atoms with Gasteiger partial charge in [-0.1, -0.05) is 47.0 Å². The highest BCUT2D eigenvalue weighted by molar-refractivity contribution is 8.00. The highest BCUT2D eigenvalue weighted by Crippen LogP contribution is 2.27. The average molecular weight is 311 g/mol. The van der Waals surface area contributed by atoms with Gasteiger partial charge in [-0.15, -0.1) is 11.8 Å². The fourth-order valence-electron chi connectivity index (χ4n) is 1.66. The molecule has 2 aromatic carbocycles. The second-order valence-corrected chi connectivity index (χ2v) is 6.11. The summed E-state index contributed by atoms with van der Waals surface area (Å²) < 4.78 is 0. The van der Waals surface area contributed by atoms with Crippen molar-refractivity contribution in [1.82, 2.24) is 0 Å². The van der Waals surface area contributed by atoms with Gasteiger partial charge in [0.25, 0.3) is 0 Å². The first-order chi connectivity index (χ1) is 9.04. The Morgan fingerprint density at radius 1 is 1.11 bits per heavy atom. The molecule has 0 aliphatic heterocycles. The fraction of sp³-hybridized carbons (Fsp3) is 0.133. The summed E-state index contributed by atoms with van der Waals surface area (Å²) >= 11 is 13.3. The quantitative estimate of drug-likeness (QED) is 0.564. The number of hydrogen-bond donors (Lipinski definition) is 0. The van der Waals surface area contributed by atoms with Crippen LogP contribution < -0.4 is 0 Å². The lowest BCUT2D eigenvalue weighted by molar-refractivity contribution is 0.102. The van der Waals surface area contributed by atoms with Gasteiger partial charge in [0.15, 0.2) is 5.78 Å². The minimum Gasteiger partial charge on any atom is -0.293 e. The Labute approximate surface area is 126 Å². The normalized spacial score (nSPS) is 10.5. The van der Waals surface area contributed by atoms with E-state index in [1.165, 1.54) is 11.8 Å². The lowest BCUT2D eigenvalue weighted by Gasteiger charge is -2.04. The van der Waals surface area contributed by atoms with Crippen LogP contribution in [0.1, 0.15) is 15.9 Å². The van der Waals surface area contributed by atoms with E-state index in [1.54, 1.807) is 6.07 Å². The Morgan fingerprint density at radius 3 is 2.42 bits per heavy atom. The zero-order valence-electron chi connectivity index (χ0n) is 10.3. The Hall–Kier alpha value is -0.960. The summed E-state index contributed by atoms with van der Waals surface area (Å²) in [5.41, 5.74) is 1.82. The number of rotatable bonds is 4. The van der Waals surface area contributed by atoms with Crippen molar-refractivity contribution in [3.8, 4) is 0 Å². The number of ketones is 1. The number of thioether (sulfide) groups is 1. The molecule has 0 spiro atoms. The SMILES string of the molecule is Cc1cccc(C(=O)CSc2cc(Cl)cc(Cl)c2)c1. The standard InChI is InChI=1S/C15H12Cl2OS/c1-10-3-2-4-11(5-10)15(18)9-19-14-7-12(16)6-13(17)8-14/h2-8H,9H2,1H3. The Kier molecular flexibility index (Phi) is 4.92. The molecule has 98 valence electrons. The van der Waals surface area contributed by atoms with Crippen molar-refractivity contribution in [3.05, 3.63) is 63.6 Å². The van der Waals surface area contributed by atoms with Crippen molar-refractivity contribution < 1.29 is 4.79 Å². The zero-order chi connectivity index (χ0) is 13.8. The van der Waals surface area contributed by atoms with Crippen LogP contribution in [0, 0.1) is 6.92 Å². The van der Waals surface area contributed by atoms with Gasteiger partial charge in [-0.25, -0.2) is 0 Å². The predicted octanol–water partition coefficient (Wildman–Crippen LogP) is 5.28. The van der Waals surface area contributed by atoms with Gasteiger partial charge in [0, 0.05) is 20.5 Å². The molecule has 0 saturated carbocycles. The molecule has 1 nitrogen and oxygen atoms in total. The maximum Gasteiger partial charge on any atom is 0.173 e. The Morgan fingerprint density at radius 2 is 1.79 bits per heavy atom. The molecule has 0 aliphatic carbocycles. The molecule has 0 unspecified atom stereocenters. The first kappa shape index (κ1) is 14.4. The molecule has 0 N–H and O–H groups in total. The largest absolute Gasteiger partial charge is 0.293 e. The van der Waals surface area contributed by atoms with Gasteiger partial charge in [-0.3, -0.25) is 4.79 Å². The predicted molar refractivity (Wildman–Crippen MR) is 82.7 cm³/mol. The topological polar surface area (TPSA) is 17.1 Å². The second-order valence-electron chi connectivity index (χ2n) is 4.19. The Bertz CT molecular complexity index is 591. The van der Waals surface area contributed by atoms with E-state index < -0.39 is 0 Å². The van der Waals surface area contributed by atoms with Gasteiger partial charge >= 0.3 is 0 Å². The summed E-state index contributed by atoms with van der Waals surface area (Å²) in [7, 11) is 0. The molecule has 0 atom stereocenters. The maximum absolute atomic E-state index is 12.1. The van der Waals surface area contributed by atoms with Crippen molar-refractivity contribution in [1.29, 1.82) is 0 Å². The Balaban J connectivity index is 2.04. The van der Waals surface area contributed by atoms with Crippen molar-refractivity contribution >= 4 is 40.7 Å². The second kappa shape index (κ2) is 6.47. The summed E-state index contributed by atoms with van der Waals surface area (Å²) in [4.78, 5) is 13.0. The summed E-state index contributed by atoms with van der Waals surface area (Å²) in [6.45, 7) is 1.97. The number of hydrogen-bond acceptors (Lipinski definition) is 2. The van der Waals surface area contributed by atoms with E-state index in [2.05, 4.69) is 0 Å². The number of carbonyl (C=O) groups excluding carboxylic acids is 1. The van der Waals surface area contributed by atoms with Gasteiger partial charge in [0.2, 0.25) is 0 Å². The van der Waals surface area contributed by atoms with Crippen LogP contribution >= 0.6 is 35.0 Å². The van der Waals surface area contributed by atoms with Crippen LogP contribution in [0.3, 0.4) is 0 Å². The van der Waals surface area contributed by atoms with Crippen molar-refractivity contribution in [2.75, 3.05) is 5.75 Å². The number of aryl methyl sites for hydroxylation is 1. The number of Topliss-reactive ketones (excluding diaryl/α,β-unsaturated/α-hetero) is 1. The highest BCUT2D eigenvalue weighted by atomic mass is 35.5. The molecular formula is C15H12Cl2OS. The van der Waals surface area contributed by atoms with Crippen LogP contribution in [0.4, 0.5) is 0 Å². The van der Waals surface area contributed by atoms with Crippen LogP contribution in [0.2, 0.25) is 10.0 Å². The number of benzene rings is 2. The molecule has 0 aromatic heterocycles. The molecule has 2 rings (SSSR count). The third-order valence-corrected chi connectivity index (χ3v) is 3.96. The van der Waals surface area contributed by atoms with Gasteiger partial charge < -0.3 is 0 Å². The van der Waals surface area contributed by atoms with Gasteiger partial charge in [-0.2, -0.15) is 0 Å². The van der Waals surface area contributed by atoms with Crippen LogP contribution in [0.15, 0.2) is 47.4 Å². The molecule has 4 heteroatoms. The van der Waals surface area contributed by atoms with Gasteiger partial charge in [-0.05, 0) is 31.2 Å². The summed E-state index contributed by atoms with van der Waals surface area (Å²) in [6, 6.07) is 12.9. The first-order valence-electron chi connectivity index (χ1n) is 5.73. The van der Waals surface area contributed by atoms with E-state index in [4.69, 9.17) is 23.2 Å². The van der Waals surface area contributed by atoms with Crippen LogP contribution in [-0.4, -0.2) is 11.5 Å².